The zero-order valence-electron chi connectivity index (χ0n) is 18.6. The second-order valence-electron chi connectivity index (χ2n) is 10.7. The van der Waals surface area contributed by atoms with Crippen LogP contribution in [0.4, 0.5) is 0 Å². The van der Waals surface area contributed by atoms with Crippen LogP contribution in [0.3, 0.4) is 0 Å². The molecule has 5 atom stereocenters. The maximum absolute atomic E-state index is 12.8. The highest BCUT2D eigenvalue weighted by molar-refractivity contribution is 6.30. The molecule has 2 aliphatic heterocycles. The summed E-state index contributed by atoms with van der Waals surface area (Å²) in [6, 6.07) is 7.53. The molecule has 168 valence electrons. The summed E-state index contributed by atoms with van der Waals surface area (Å²) in [7, 11) is 0. The number of esters is 1. The van der Waals surface area contributed by atoms with E-state index in [9.17, 15) is 9.90 Å². The van der Waals surface area contributed by atoms with Crippen LogP contribution in [0.2, 0.25) is 5.02 Å². The molecule has 1 N–H and O–H groups in total. The van der Waals surface area contributed by atoms with Gasteiger partial charge in [0.05, 0.1) is 11.5 Å². The number of carbonyl (C=O) groups is 1. The van der Waals surface area contributed by atoms with Crippen molar-refractivity contribution in [3.8, 4) is 0 Å². The Kier molecular flexibility index (Phi) is 5.47. The van der Waals surface area contributed by atoms with Crippen molar-refractivity contribution in [3.05, 3.63) is 46.5 Å². The Bertz CT molecular complexity index is 873. The fourth-order valence-electron chi connectivity index (χ4n) is 6.69. The zero-order chi connectivity index (χ0) is 21.8. The van der Waals surface area contributed by atoms with E-state index >= 15 is 0 Å². The van der Waals surface area contributed by atoms with Gasteiger partial charge in [0, 0.05) is 30.6 Å². The number of hydrogen-bond donors (Lipinski definition) is 1. The molecule has 2 aliphatic carbocycles. The predicted octanol–water partition coefficient (Wildman–Crippen LogP) is 4.94. The topological polar surface area (TPSA) is 49.8 Å². The number of ether oxygens (including phenoxy) is 1. The van der Waals surface area contributed by atoms with E-state index in [2.05, 4.69) is 24.8 Å². The van der Waals surface area contributed by atoms with Crippen LogP contribution in [0.15, 0.2) is 35.9 Å². The minimum atomic E-state index is -0.814. The normalized spacial score (nSPS) is 37.5. The van der Waals surface area contributed by atoms with Crippen molar-refractivity contribution in [2.24, 2.45) is 23.2 Å². The lowest BCUT2D eigenvalue weighted by molar-refractivity contribution is -0.145. The van der Waals surface area contributed by atoms with Crippen molar-refractivity contribution in [1.82, 2.24) is 4.90 Å². The molecule has 4 nitrogen and oxygen atoms in total. The summed E-state index contributed by atoms with van der Waals surface area (Å²) in [5.74, 6) is 0.701. The number of carbonyl (C=O) groups excluding carboxylic acids is 1. The standard InChI is InChI=1S/C26H34ClNO3/c1-17-4-3-9-25(2)15-23-20(14-22(17)25)21(24(29)31-23)16-28-12-10-26(30,11-13-28)18-5-7-19(27)8-6-18/h5-8,14,17,20-21,23,30H,3-4,9-13,15-16H2,1-2H3. The first kappa shape index (κ1) is 21.5. The lowest BCUT2D eigenvalue weighted by Crippen LogP contribution is -2.46. The van der Waals surface area contributed by atoms with Crippen molar-refractivity contribution in [1.29, 1.82) is 0 Å². The molecule has 0 bridgehead atoms. The first-order chi connectivity index (χ1) is 14.8. The summed E-state index contributed by atoms with van der Waals surface area (Å²) in [6.45, 7) is 7.01. The van der Waals surface area contributed by atoms with Crippen molar-refractivity contribution in [3.63, 3.8) is 0 Å². The lowest BCUT2D eigenvalue weighted by Gasteiger charge is -2.46. The molecule has 0 aromatic heterocycles. The number of aliphatic hydroxyl groups is 1. The van der Waals surface area contributed by atoms with E-state index in [0.717, 1.165) is 31.6 Å². The second kappa shape index (κ2) is 7.90. The summed E-state index contributed by atoms with van der Waals surface area (Å²) in [6.07, 6.45) is 8.52. The van der Waals surface area contributed by atoms with E-state index in [-0.39, 0.29) is 29.3 Å². The fraction of sp³-hybridized carbons (Fsp3) is 0.654. The van der Waals surface area contributed by atoms with Crippen LogP contribution < -0.4 is 0 Å². The maximum Gasteiger partial charge on any atom is 0.311 e. The SMILES string of the molecule is CC1CCCC2(C)CC3OC(=O)C(CN4CCC(O)(c5ccc(Cl)cc5)CC4)C3C=C12. The highest BCUT2D eigenvalue weighted by Gasteiger charge is 2.52. The van der Waals surface area contributed by atoms with Gasteiger partial charge in [-0.05, 0) is 61.1 Å². The maximum atomic E-state index is 12.8. The van der Waals surface area contributed by atoms with E-state index in [4.69, 9.17) is 16.3 Å². The molecule has 2 saturated heterocycles. The van der Waals surface area contributed by atoms with Gasteiger partial charge in [-0.15, -0.1) is 0 Å². The Morgan fingerprint density at radius 1 is 1.19 bits per heavy atom. The molecule has 0 spiro atoms. The largest absolute Gasteiger partial charge is 0.461 e. The molecule has 5 unspecified atom stereocenters. The Balaban J connectivity index is 1.28. The summed E-state index contributed by atoms with van der Waals surface area (Å²) >= 11 is 6.01. The molecule has 5 heteroatoms. The van der Waals surface area contributed by atoms with Crippen LogP contribution in [0.5, 0.6) is 0 Å². The molecule has 1 saturated carbocycles. The van der Waals surface area contributed by atoms with Crippen molar-refractivity contribution in [2.45, 2.75) is 64.1 Å². The summed E-state index contributed by atoms with van der Waals surface area (Å²) < 4.78 is 5.92. The Morgan fingerprint density at radius 3 is 2.61 bits per heavy atom. The lowest BCUT2D eigenvalue weighted by atomic mass is 9.59. The number of halogens is 1. The number of hydrogen-bond acceptors (Lipinski definition) is 4. The van der Waals surface area contributed by atoms with Gasteiger partial charge in [-0.2, -0.15) is 0 Å². The van der Waals surface area contributed by atoms with Crippen LogP contribution in [-0.4, -0.2) is 41.7 Å². The van der Waals surface area contributed by atoms with Gasteiger partial charge in [-0.25, -0.2) is 0 Å². The van der Waals surface area contributed by atoms with Gasteiger partial charge in [0.15, 0.2) is 0 Å². The minimum absolute atomic E-state index is 0.0275. The number of fused-ring (bicyclic) bond motifs is 2. The average Bonchev–Trinajstić information content (AvgIpc) is 3.02. The van der Waals surface area contributed by atoms with Crippen LogP contribution in [0, 0.1) is 23.2 Å². The molecule has 1 aromatic rings. The third kappa shape index (κ3) is 3.85. The zero-order valence-corrected chi connectivity index (χ0v) is 19.4. The average molecular weight is 444 g/mol. The van der Waals surface area contributed by atoms with Crippen LogP contribution in [0.25, 0.3) is 0 Å². The number of rotatable bonds is 3. The van der Waals surface area contributed by atoms with Crippen LogP contribution in [0.1, 0.15) is 57.9 Å². The van der Waals surface area contributed by atoms with Crippen LogP contribution in [-0.2, 0) is 15.1 Å². The van der Waals surface area contributed by atoms with Gasteiger partial charge in [-0.3, -0.25) is 4.79 Å². The molecular formula is C26H34ClNO3. The molecule has 5 rings (SSSR count). The molecule has 1 aromatic carbocycles. The highest BCUT2D eigenvalue weighted by Crippen LogP contribution is 2.54. The van der Waals surface area contributed by atoms with Crippen molar-refractivity contribution in [2.75, 3.05) is 19.6 Å². The van der Waals surface area contributed by atoms with Gasteiger partial charge in [-0.1, -0.05) is 55.7 Å². The number of likely N-dealkylation sites (tertiary alicyclic amines) is 1. The molecule has 0 amide bonds. The van der Waals surface area contributed by atoms with E-state index < -0.39 is 5.60 Å². The van der Waals surface area contributed by atoms with Crippen molar-refractivity contribution < 1.29 is 14.6 Å². The first-order valence-corrected chi connectivity index (χ1v) is 12.3. The minimum Gasteiger partial charge on any atom is -0.461 e. The monoisotopic (exact) mass is 443 g/mol. The quantitative estimate of drug-likeness (QED) is 0.531. The number of allylic oxidation sites excluding steroid dienone is 1. The Labute approximate surface area is 190 Å². The Hall–Kier alpha value is -1.36. The van der Waals surface area contributed by atoms with Gasteiger partial charge < -0.3 is 14.7 Å². The highest BCUT2D eigenvalue weighted by atomic mass is 35.5. The van der Waals surface area contributed by atoms with E-state index in [1.54, 1.807) is 5.57 Å². The number of nitrogens with zero attached hydrogens (tertiary/aromatic N) is 1. The smallest absolute Gasteiger partial charge is 0.311 e. The van der Waals surface area contributed by atoms with E-state index in [1.165, 1.54) is 19.3 Å². The third-order valence-corrected chi connectivity index (χ3v) is 8.85. The van der Waals surface area contributed by atoms with E-state index in [0.29, 0.717) is 23.8 Å². The fourth-order valence-corrected chi connectivity index (χ4v) is 6.82. The van der Waals surface area contributed by atoms with Crippen molar-refractivity contribution >= 4 is 17.6 Å². The van der Waals surface area contributed by atoms with Gasteiger partial charge in [0.2, 0.25) is 0 Å². The molecule has 3 fully saturated rings. The van der Waals surface area contributed by atoms with Crippen LogP contribution >= 0.6 is 11.6 Å². The molecule has 0 radical (unpaired) electrons. The van der Waals surface area contributed by atoms with E-state index in [1.807, 2.05) is 24.3 Å². The number of benzene rings is 1. The summed E-state index contributed by atoms with van der Waals surface area (Å²) in [4.78, 5) is 15.2. The second-order valence-corrected chi connectivity index (χ2v) is 11.1. The number of piperidine rings is 1. The summed E-state index contributed by atoms with van der Waals surface area (Å²) in [5.41, 5.74) is 1.89. The van der Waals surface area contributed by atoms with Gasteiger partial charge >= 0.3 is 5.97 Å². The van der Waals surface area contributed by atoms with Gasteiger partial charge in [0.1, 0.15) is 6.10 Å². The molecule has 4 aliphatic rings. The molecule has 2 heterocycles. The summed E-state index contributed by atoms with van der Waals surface area (Å²) in [5, 5.41) is 11.9. The first-order valence-electron chi connectivity index (χ1n) is 11.9. The molecule has 31 heavy (non-hydrogen) atoms. The third-order valence-electron chi connectivity index (χ3n) is 8.60. The van der Waals surface area contributed by atoms with Gasteiger partial charge in [0.25, 0.3) is 0 Å². The predicted molar refractivity (Wildman–Crippen MR) is 122 cm³/mol. The molecular weight excluding hydrogens is 410 g/mol. The Morgan fingerprint density at radius 2 is 1.90 bits per heavy atom.